The zero-order valence-corrected chi connectivity index (χ0v) is 10.2. The van der Waals surface area contributed by atoms with Gasteiger partial charge in [0.25, 0.3) is 0 Å². The Balaban J connectivity index is 3.84. The summed E-state index contributed by atoms with van der Waals surface area (Å²) in [5.41, 5.74) is 0. The Kier molecular flexibility index (Phi) is 6.48. The molecule has 6 heteroatoms. The van der Waals surface area contributed by atoms with Crippen LogP contribution in [0.3, 0.4) is 0 Å². The van der Waals surface area contributed by atoms with E-state index in [4.69, 9.17) is 10.00 Å². The van der Waals surface area contributed by atoms with Crippen molar-refractivity contribution < 1.29 is 13.2 Å². The molecular weight excluding hydrogens is 216 g/mol. The maximum atomic E-state index is 11.3. The van der Waals surface area contributed by atoms with Crippen LogP contribution in [0.15, 0.2) is 0 Å². The fourth-order valence-corrected chi connectivity index (χ4v) is 1.73. The number of hydrogen-bond acceptors (Lipinski definition) is 4. The first-order valence-corrected chi connectivity index (χ1v) is 6.51. The molecule has 0 aliphatic rings. The summed E-state index contributed by atoms with van der Waals surface area (Å²) in [5, 5.41) is 8.47. The summed E-state index contributed by atoms with van der Waals surface area (Å²) in [6.45, 7) is 5.68. The molecule has 0 rings (SSSR count). The van der Waals surface area contributed by atoms with Crippen LogP contribution in [-0.2, 0) is 14.8 Å². The SMILES string of the molecule is CC(C#N)CNS(=O)(=O)CCOC(C)C. The van der Waals surface area contributed by atoms with Crippen LogP contribution >= 0.6 is 0 Å². The average Bonchev–Trinajstić information content (AvgIpc) is 2.13. The van der Waals surface area contributed by atoms with Gasteiger partial charge in [-0.05, 0) is 20.8 Å². The summed E-state index contributed by atoms with van der Waals surface area (Å²) in [4.78, 5) is 0. The first-order chi connectivity index (χ1) is 6.87. The van der Waals surface area contributed by atoms with E-state index >= 15 is 0 Å². The highest BCUT2D eigenvalue weighted by Crippen LogP contribution is 1.93. The van der Waals surface area contributed by atoms with Crippen molar-refractivity contribution in [1.29, 1.82) is 5.26 Å². The summed E-state index contributed by atoms with van der Waals surface area (Å²) in [6.07, 6.45) is 0.0261. The lowest BCUT2D eigenvalue weighted by molar-refractivity contribution is 0.0911. The molecule has 0 radical (unpaired) electrons. The zero-order chi connectivity index (χ0) is 11.9. The zero-order valence-electron chi connectivity index (χ0n) is 9.36. The van der Waals surface area contributed by atoms with Crippen molar-refractivity contribution in [3.63, 3.8) is 0 Å². The number of nitrogens with zero attached hydrogens (tertiary/aromatic N) is 1. The Morgan fingerprint density at radius 2 is 2.00 bits per heavy atom. The van der Waals surface area contributed by atoms with Gasteiger partial charge in [0.15, 0.2) is 0 Å². The number of rotatable bonds is 7. The maximum Gasteiger partial charge on any atom is 0.213 e. The van der Waals surface area contributed by atoms with Crippen molar-refractivity contribution in [2.24, 2.45) is 5.92 Å². The van der Waals surface area contributed by atoms with E-state index in [1.165, 1.54) is 0 Å². The van der Waals surface area contributed by atoms with E-state index in [1.54, 1.807) is 6.92 Å². The average molecular weight is 234 g/mol. The van der Waals surface area contributed by atoms with Crippen LogP contribution in [0, 0.1) is 17.2 Å². The summed E-state index contributed by atoms with van der Waals surface area (Å²) >= 11 is 0. The molecule has 5 nitrogen and oxygen atoms in total. The maximum absolute atomic E-state index is 11.3. The smallest absolute Gasteiger partial charge is 0.213 e. The summed E-state index contributed by atoms with van der Waals surface area (Å²) in [6, 6.07) is 1.95. The Hall–Kier alpha value is -0.640. The van der Waals surface area contributed by atoms with E-state index in [-0.39, 0.29) is 30.9 Å². The number of nitriles is 1. The second-order valence-electron chi connectivity index (χ2n) is 3.62. The Bertz CT molecular complexity index is 306. The molecular formula is C9H18N2O3S. The van der Waals surface area contributed by atoms with E-state index in [2.05, 4.69) is 4.72 Å². The lowest BCUT2D eigenvalue weighted by atomic mass is 10.2. The molecule has 0 aliphatic heterocycles. The Morgan fingerprint density at radius 1 is 1.40 bits per heavy atom. The molecule has 0 aromatic carbocycles. The van der Waals surface area contributed by atoms with Gasteiger partial charge in [0.1, 0.15) is 0 Å². The summed E-state index contributed by atoms with van der Waals surface area (Å²) in [5.74, 6) is -0.380. The highest BCUT2D eigenvalue weighted by atomic mass is 32.2. The Morgan fingerprint density at radius 3 is 2.47 bits per heavy atom. The number of sulfonamides is 1. The molecule has 1 N–H and O–H groups in total. The normalized spacial score (nSPS) is 13.8. The van der Waals surface area contributed by atoms with E-state index in [0.29, 0.717) is 0 Å². The molecule has 15 heavy (non-hydrogen) atoms. The second-order valence-corrected chi connectivity index (χ2v) is 5.54. The third-order valence-corrected chi connectivity index (χ3v) is 2.94. The molecule has 0 saturated carbocycles. The lowest BCUT2D eigenvalue weighted by Crippen LogP contribution is -2.32. The standard InChI is InChI=1S/C9H18N2O3S/c1-8(2)14-4-5-15(12,13)11-7-9(3)6-10/h8-9,11H,4-5,7H2,1-3H3. The van der Waals surface area contributed by atoms with Crippen LogP contribution in [0.4, 0.5) is 0 Å². The van der Waals surface area contributed by atoms with Crippen LogP contribution in [0.1, 0.15) is 20.8 Å². The predicted octanol–water partition coefficient (Wildman–Crippen LogP) is 0.490. The van der Waals surface area contributed by atoms with Crippen LogP contribution in [0.5, 0.6) is 0 Å². The topological polar surface area (TPSA) is 79.2 Å². The molecule has 0 heterocycles. The molecule has 0 bridgehead atoms. The first kappa shape index (κ1) is 14.4. The molecule has 0 saturated heterocycles. The predicted molar refractivity (Wildman–Crippen MR) is 57.7 cm³/mol. The van der Waals surface area contributed by atoms with Gasteiger partial charge in [-0.3, -0.25) is 0 Å². The molecule has 0 amide bonds. The van der Waals surface area contributed by atoms with Gasteiger partial charge in [0, 0.05) is 6.54 Å². The third-order valence-electron chi connectivity index (χ3n) is 1.63. The van der Waals surface area contributed by atoms with Crippen LogP contribution in [0.2, 0.25) is 0 Å². The van der Waals surface area contributed by atoms with Crippen molar-refractivity contribution in [3.8, 4) is 6.07 Å². The minimum Gasteiger partial charge on any atom is -0.378 e. The molecule has 0 aliphatic carbocycles. The molecule has 0 aromatic heterocycles. The van der Waals surface area contributed by atoms with E-state index in [9.17, 15) is 8.42 Å². The largest absolute Gasteiger partial charge is 0.378 e. The number of ether oxygens (including phenoxy) is 1. The van der Waals surface area contributed by atoms with Crippen molar-refractivity contribution in [2.45, 2.75) is 26.9 Å². The van der Waals surface area contributed by atoms with Crippen LogP contribution in [-0.4, -0.2) is 33.4 Å². The van der Waals surface area contributed by atoms with E-state index in [0.717, 1.165) is 0 Å². The van der Waals surface area contributed by atoms with Gasteiger partial charge >= 0.3 is 0 Å². The monoisotopic (exact) mass is 234 g/mol. The number of nitrogens with one attached hydrogen (secondary N) is 1. The summed E-state index contributed by atoms with van der Waals surface area (Å²) < 4.78 is 30.1. The lowest BCUT2D eigenvalue weighted by Gasteiger charge is -2.09. The molecule has 0 spiro atoms. The molecule has 1 unspecified atom stereocenters. The Labute approximate surface area is 91.5 Å². The van der Waals surface area contributed by atoms with E-state index in [1.807, 2.05) is 19.9 Å². The van der Waals surface area contributed by atoms with Gasteiger partial charge in [0.05, 0.1) is 30.5 Å². The highest BCUT2D eigenvalue weighted by Gasteiger charge is 2.11. The quantitative estimate of drug-likeness (QED) is 0.695. The van der Waals surface area contributed by atoms with Crippen molar-refractivity contribution in [1.82, 2.24) is 4.72 Å². The fraction of sp³-hybridized carbons (Fsp3) is 0.889. The molecule has 1 atom stereocenters. The van der Waals surface area contributed by atoms with Gasteiger partial charge in [-0.2, -0.15) is 5.26 Å². The molecule has 0 fully saturated rings. The van der Waals surface area contributed by atoms with Crippen molar-refractivity contribution in [2.75, 3.05) is 18.9 Å². The first-order valence-electron chi connectivity index (χ1n) is 4.86. The van der Waals surface area contributed by atoms with Crippen LogP contribution < -0.4 is 4.72 Å². The highest BCUT2D eigenvalue weighted by molar-refractivity contribution is 7.89. The van der Waals surface area contributed by atoms with Gasteiger partial charge < -0.3 is 4.74 Å². The van der Waals surface area contributed by atoms with Gasteiger partial charge in [-0.1, -0.05) is 0 Å². The van der Waals surface area contributed by atoms with Crippen LogP contribution in [0.25, 0.3) is 0 Å². The van der Waals surface area contributed by atoms with Gasteiger partial charge in [-0.25, -0.2) is 13.1 Å². The number of hydrogen-bond donors (Lipinski definition) is 1. The third kappa shape index (κ3) is 8.36. The fourth-order valence-electron chi connectivity index (χ4n) is 0.763. The molecule has 0 aromatic rings. The minimum absolute atomic E-state index is 0.0261. The van der Waals surface area contributed by atoms with Crippen molar-refractivity contribution >= 4 is 10.0 Å². The molecule has 88 valence electrons. The minimum atomic E-state index is -3.31. The van der Waals surface area contributed by atoms with Gasteiger partial charge in [0.2, 0.25) is 10.0 Å². The van der Waals surface area contributed by atoms with Gasteiger partial charge in [-0.15, -0.1) is 0 Å². The van der Waals surface area contributed by atoms with Crippen molar-refractivity contribution in [3.05, 3.63) is 0 Å². The van der Waals surface area contributed by atoms with E-state index < -0.39 is 10.0 Å². The second kappa shape index (κ2) is 6.77. The summed E-state index contributed by atoms with van der Waals surface area (Å²) in [7, 11) is -3.31.